The zero-order valence-electron chi connectivity index (χ0n) is 12.1. The molecule has 118 valence electrons. The summed E-state index contributed by atoms with van der Waals surface area (Å²) < 4.78 is 6.83. The fraction of sp³-hybridized carbons (Fsp3) is 0.312. The van der Waals surface area contributed by atoms with Crippen LogP contribution in [0.15, 0.2) is 33.9 Å². The molecule has 1 aromatic carbocycles. The first-order valence-electron chi connectivity index (χ1n) is 7.42. The van der Waals surface area contributed by atoms with Gasteiger partial charge in [-0.2, -0.15) is 0 Å². The van der Waals surface area contributed by atoms with E-state index < -0.39 is 0 Å². The smallest absolute Gasteiger partial charge is 0.277 e. The summed E-state index contributed by atoms with van der Waals surface area (Å²) in [6, 6.07) is 7.92. The SMILES string of the molecule is O=C1CCCCC1Sc1nnc(-c2sc3ccccc3c2Cl)o1. The Balaban J connectivity index is 1.61. The van der Waals surface area contributed by atoms with Crippen molar-refractivity contribution in [3.63, 3.8) is 0 Å². The van der Waals surface area contributed by atoms with Crippen LogP contribution in [0.1, 0.15) is 25.7 Å². The summed E-state index contributed by atoms with van der Waals surface area (Å²) in [6.07, 6.45) is 3.60. The molecule has 1 aliphatic carbocycles. The van der Waals surface area contributed by atoms with Crippen LogP contribution in [0.25, 0.3) is 20.9 Å². The molecule has 0 radical (unpaired) electrons. The van der Waals surface area contributed by atoms with Crippen molar-refractivity contribution in [1.29, 1.82) is 0 Å². The predicted molar refractivity (Wildman–Crippen MR) is 93.2 cm³/mol. The second kappa shape index (κ2) is 6.26. The Morgan fingerprint density at radius 2 is 2.13 bits per heavy atom. The van der Waals surface area contributed by atoms with Crippen LogP contribution in [-0.4, -0.2) is 21.2 Å². The maximum absolute atomic E-state index is 11.9. The molecule has 0 amide bonds. The molecule has 4 nitrogen and oxygen atoms in total. The molecular formula is C16H13ClN2O2S2. The number of rotatable bonds is 3. The first kappa shape index (κ1) is 15.2. The van der Waals surface area contributed by atoms with Gasteiger partial charge in [0.25, 0.3) is 11.1 Å². The van der Waals surface area contributed by atoms with Gasteiger partial charge in [-0.15, -0.1) is 21.5 Å². The second-order valence-corrected chi connectivity index (χ2v) is 8.02. The molecule has 0 aliphatic heterocycles. The van der Waals surface area contributed by atoms with Crippen LogP contribution in [0, 0.1) is 0 Å². The largest absolute Gasteiger partial charge is 0.410 e. The highest BCUT2D eigenvalue weighted by atomic mass is 35.5. The average molecular weight is 365 g/mol. The lowest BCUT2D eigenvalue weighted by atomic mass is 9.99. The number of benzene rings is 1. The van der Waals surface area contributed by atoms with Crippen LogP contribution in [0.2, 0.25) is 5.02 Å². The molecule has 1 saturated carbocycles. The molecule has 1 fully saturated rings. The molecule has 0 bridgehead atoms. The van der Waals surface area contributed by atoms with E-state index in [1.54, 1.807) is 0 Å². The minimum atomic E-state index is -0.0603. The molecule has 0 spiro atoms. The summed E-state index contributed by atoms with van der Waals surface area (Å²) >= 11 is 9.34. The van der Waals surface area contributed by atoms with Gasteiger partial charge in [-0.1, -0.05) is 48.0 Å². The molecule has 7 heteroatoms. The molecule has 0 saturated heterocycles. The zero-order chi connectivity index (χ0) is 15.8. The third-order valence-electron chi connectivity index (χ3n) is 3.88. The number of halogens is 1. The lowest BCUT2D eigenvalue weighted by molar-refractivity contribution is -0.119. The lowest BCUT2D eigenvalue weighted by Gasteiger charge is -2.17. The van der Waals surface area contributed by atoms with E-state index in [1.807, 2.05) is 24.3 Å². The van der Waals surface area contributed by atoms with Crippen LogP contribution < -0.4 is 0 Å². The van der Waals surface area contributed by atoms with Gasteiger partial charge in [-0.3, -0.25) is 4.79 Å². The fourth-order valence-electron chi connectivity index (χ4n) is 2.70. The molecule has 1 atom stereocenters. The van der Waals surface area contributed by atoms with Gasteiger partial charge in [-0.05, 0) is 18.9 Å². The summed E-state index contributed by atoms with van der Waals surface area (Å²) in [5.41, 5.74) is 0. The van der Waals surface area contributed by atoms with Crippen molar-refractivity contribution in [2.45, 2.75) is 36.2 Å². The van der Waals surface area contributed by atoms with Crippen LogP contribution >= 0.6 is 34.7 Å². The monoisotopic (exact) mass is 364 g/mol. The van der Waals surface area contributed by atoms with E-state index in [2.05, 4.69) is 10.2 Å². The van der Waals surface area contributed by atoms with Gasteiger partial charge in [0.15, 0.2) is 0 Å². The van der Waals surface area contributed by atoms with Crippen LogP contribution in [0.3, 0.4) is 0 Å². The van der Waals surface area contributed by atoms with E-state index in [9.17, 15) is 4.79 Å². The standard InChI is InChI=1S/C16H13ClN2O2S2/c17-13-9-5-1-3-7-11(9)22-14(13)15-18-19-16(21-15)23-12-8-4-2-6-10(12)20/h1,3,5,7,12H,2,4,6,8H2. The Hall–Kier alpha value is -1.37. The molecule has 0 N–H and O–H groups in total. The van der Waals surface area contributed by atoms with Crippen LogP contribution in [-0.2, 0) is 4.79 Å². The molecule has 1 unspecified atom stereocenters. The highest BCUT2D eigenvalue weighted by molar-refractivity contribution is 8.00. The summed E-state index contributed by atoms with van der Waals surface area (Å²) in [5.74, 6) is 0.697. The van der Waals surface area contributed by atoms with E-state index in [4.69, 9.17) is 16.0 Å². The lowest BCUT2D eigenvalue weighted by Crippen LogP contribution is -2.21. The van der Waals surface area contributed by atoms with Crippen molar-refractivity contribution in [2.24, 2.45) is 0 Å². The highest BCUT2D eigenvalue weighted by Gasteiger charge is 2.26. The third-order valence-corrected chi connectivity index (χ3v) is 6.69. The number of Topliss-reactive ketones (excluding diaryl/α,β-unsaturated/α-hetero) is 1. The number of hydrogen-bond acceptors (Lipinski definition) is 6. The van der Waals surface area contributed by atoms with Crippen molar-refractivity contribution in [3.05, 3.63) is 29.3 Å². The van der Waals surface area contributed by atoms with Crippen molar-refractivity contribution in [1.82, 2.24) is 10.2 Å². The fourth-order valence-corrected chi connectivity index (χ4v) is 5.12. The van der Waals surface area contributed by atoms with Gasteiger partial charge < -0.3 is 4.42 Å². The zero-order valence-corrected chi connectivity index (χ0v) is 14.5. The number of carbonyl (C=O) groups excluding carboxylic acids is 1. The van der Waals surface area contributed by atoms with Gasteiger partial charge >= 0.3 is 0 Å². The van der Waals surface area contributed by atoms with Gasteiger partial charge in [0.2, 0.25) is 0 Å². The highest BCUT2D eigenvalue weighted by Crippen LogP contribution is 2.42. The number of carbonyl (C=O) groups is 1. The quantitative estimate of drug-likeness (QED) is 0.638. The minimum absolute atomic E-state index is 0.0603. The van der Waals surface area contributed by atoms with Crippen LogP contribution in [0.5, 0.6) is 0 Å². The molecule has 1 aliphatic rings. The number of ketones is 1. The topological polar surface area (TPSA) is 56.0 Å². The van der Waals surface area contributed by atoms with Crippen LogP contribution in [0.4, 0.5) is 0 Å². The molecular weight excluding hydrogens is 352 g/mol. The maximum atomic E-state index is 11.9. The Morgan fingerprint density at radius 1 is 1.26 bits per heavy atom. The predicted octanol–water partition coefficient (Wildman–Crippen LogP) is 5.21. The Kier molecular flexibility index (Phi) is 4.13. The second-order valence-electron chi connectivity index (χ2n) is 5.43. The third kappa shape index (κ3) is 2.91. The summed E-state index contributed by atoms with van der Waals surface area (Å²) in [7, 11) is 0. The minimum Gasteiger partial charge on any atom is -0.410 e. The van der Waals surface area contributed by atoms with Crippen molar-refractivity contribution >= 4 is 50.6 Å². The molecule has 2 aromatic heterocycles. The maximum Gasteiger partial charge on any atom is 0.277 e. The number of thioether (sulfide) groups is 1. The normalized spacial score (nSPS) is 18.7. The van der Waals surface area contributed by atoms with E-state index in [1.165, 1.54) is 23.1 Å². The average Bonchev–Trinajstić information content (AvgIpc) is 3.15. The first-order chi connectivity index (χ1) is 11.2. The number of hydrogen-bond donors (Lipinski definition) is 0. The number of nitrogens with zero attached hydrogens (tertiary/aromatic N) is 2. The number of aromatic nitrogens is 2. The summed E-state index contributed by atoms with van der Waals surface area (Å²) in [4.78, 5) is 12.7. The van der Waals surface area contributed by atoms with Gasteiger partial charge in [0.1, 0.15) is 10.7 Å². The molecule has 3 aromatic rings. The summed E-state index contributed by atoms with van der Waals surface area (Å²) in [6.45, 7) is 0. The van der Waals surface area contributed by atoms with E-state index in [0.717, 1.165) is 34.2 Å². The van der Waals surface area contributed by atoms with Gasteiger partial charge in [0.05, 0.1) is 10.3 Å². The van der Waals surface area contributed by atoms with Gasteiger partial charge in [0, 0.05) is 16.5 Å². The first-order valence-corrected chi connectivity index (χ1v) is 9.50. The molecule has 4 rings (SSSR count). The summed E-state index contributed by atoms with van der Waals surface area (Å²) in [5, 5.41) is 10.2. The Bertz CT molecular complexity index is 874. The van der Waals surface area contributed by atoms with E-state index in [-0.39, 0.29) is 11.0 Å². The Morgan fingerprint density at radius 3 is 2.96 bits per heavy atom. The van der Waals surface area contributed by atoms with E-state index >= 15 is 0 Å². The number of thiophene rings is 1. The van der Waals surface area contributed by atoms with Crippen molar-refractivity contribution in [3.8, 4) is 10.8 Å². The van der Waals surface area contributed by atoms with Gasteiger partial charge in [-0.25, -0.2) is 0 Å². The molecule has 23 heavy (non-hydrogen) atoms. The van der Waals surface area contributed by atoms with Crippen molar-refractivity contribution < 1.29 is 9.21 Å². The van der Waals surface area contributed by atoms with Crippen molar-refractivity contribution in [2.75, 3.05) is 0 Å². The van der Waals surface area contributed by atoms with E-state index in [0.29, 0.717) is 22.6 Å². The molecule has 2 heterocycles. The number of fused-ring (bicyclic) bond motifs is 1. The Labute approximate surface area is 146 Å².